The Labute approximate surface area is 119 Å². The average molecular weight is 269 g/mol. The monoisotopic (exact) mass is 269 g/mol. The van der Waals surface area contributed by atoms with Crippen LogP contribution < -0.4 is 5.73 Å². The van der Waals surface area contributed by atoms with Crippen molar-refractivity contribution in [2.24, 2.45) is 5.73 Å². The lowest BCUT2D eigenvalue weighted by Gasteiger charge is -2.25. The second-order valence-corrected chi connectivity index (χ2v) is 5.03. The summed E-state index contributed by atoms with van der Waals surface area (Å²) < 4.78 is 5.49. The molecule has 2 N–H and O–H groups in total. The van der Waals surface area contributed by atoms with E-state index in [9.17, 15) is 4.79 Å². The van der Waals surface area contributed by atoms with Gasteiger partial charge in [0.05, 0.1) is 0 Å². The molecular weight excluding hydrogens is 250 g/mol. The van der Waals surface area contributed by atoms with Gasteiger partial charge in [0.15, 0.2) is 0 Å². The summed E-state index contributed by atoms with van der Waals surface area (Å²) in [6.45, 7) is 3.51. The number of hydrogen-bond acceptors (Lipinski definition) is 3. The lowest BCUT2D eigenvalue weighted by Crippen LogP contribution is -2.43. The number of benzene rings is 2. The highest BCUT2D eigenvalue weighted by Gasteiger charge is 2.33. The van der Waals surface area contributed by atoms with Crippen LogP contribution in [0.2, 0.25) is 0 Å². The SMILES string of the molecule is CC(OC(=O)C(C)(N)c1ccccc1)c1ccccc1. The fourth-order valence-electron chi connectivity index (χ4n) is 1.98. The minimum Gasteiger partial charge on any atom is -0.456 e. The van der Waals surface area contributed by atoms with Crippen LogP contribution in [-0.4, -0.2) is 5.97 Å². The topological polar surface area (TPSA) is 52.3 Å². The van der Waals surface area contributed by atoms with E-state index in [1.807, 2.05) is 67.6 Å². The molecule has 0 aliphatic carbocycles. The maximum atomic E-state index is 12.3. The Kier molecular flexibility index (Phi) is 4.20. The predicted octanol–water partition coefficient (Wildman–Crippen LogP) is 3.16. The number of carbonyl (C=O) groups is 1. The molecule has 20 heavy (non-hydrogen) atoms. The number of rotatable bonds is 4. The van der Waals surface area contributed by atoms with Gasteiger partial charge in [0, 0.05) is 0 Å². The molecule has 2 unspecified atom stereocenters. The Hall–Kier alpha value is -2.13. The first-order valence-corrected chi connectivity index (χ1v) is 6.62. The van der Waals surface area contributed by atoms with E-state index < -0.39 is 11.5 Å². The zero-order valence-electron chi connectivity index (χ0n) is 11.7. The van der Waals surface area contributed by atoms with Crippen molar-refractivity contribution in [2.45, 2.75) is 25.5 Å². The number of ether oxygens (including phenoxy) is 1. The first-order chi connectivity index (χ1) is 9.51. The van der Waals surface area contributed by atoms with Crippen molar-refractivity contribution in [3.05, 3.63) is 71.8 Å². The Balaban J connectivity index is 2.12. The van der Waals surface area contributed by atoms with Gasteiger partial charge in [0.25, 0.3) is 0 Å². The molecule has 0 amide bonds. The lowest BCUT2D eigenvalue weighted by molar-refractivity contribution is -0.155. The Morgan fingerprint density at radius 3 is 2.10 bits per heavy atom. The van der Waals surface area contributed by atoms with Gasteiger partial charge in [-0.25, -0.2) is 4.79 Å². The van der Waals surface area contributed by atoms with E-state index in [0.29, 0.717) is 0 Å². The van der Waals surface area contributed by atoms with Gasteiger partial charge in [0.1, 0.15) is 11.6 Å². The zero-order valence-corrected chi connectivity index (χ0v) is 11.7. The van der Waals surface area contributed by atoms with Gasteiger partial charge in [-0.3, -0.25) is 0 Å². The van der Waals surface area contributed by atoms with Crippen molar-refractivity contribution in [3.8, 4) is 0 Å². The molecule has 0 saturated carbocycles. The fraction of sp³-hybridized carbons (Fsp3) is 0.235. The summed E-state index contributed by atoms with van der Waals surface area (Å²) >= 11 is 0. The number of hydrogen-bond donors (Lipinski definition) is 1. The van der Waals surface area contributed by atoms with Gasteiger partial charge in [0.2, 0.25) is 0 Å². The Morgan fingerprint density at radius 2 is 1.55 bits per heavy atom. The summed E-state index contributed by atoms with van der Waals surface area (Å²) in [6, 6.07) is 18.9. The standard InChI is InChI=1S/C17H19NO2/c1-13(14-9-5-3-6-10-14)20-16(19)17(2,18)15-11-7-4-8-12-15/h3-13H,18H2,1-2H3. The molecule has 0 fully saturated rings. The smallest absolute Gasteiger partial charge is 0.331 e. The minimum absolute atomic E-state index is 0.324. The first-order valence-electron chi connectivity index (χ1n) is 6.62. The van der Waals surface area contributed by atoms with Crippen LogP contribution in [0, 0.1) is 0 Å². The Bertz CT molecular complexity index is 564. The van der Waals surface area contributed by atoms with Crippen LogP contribution in [0.15, 0.2) is 60.7 Å². The van der Waals surface area contributed by atoms with Crippen molar-refractivity contribution in [1.82, 2.24) is 0 Å². The zero-order chi connectivity index (χ0) is 14.6. The van der Waals surface area contributed by atoms with E-state index in [1.165, 1.54) is 0 Å². The van der Waals surface area contributed by atoms with E-state index >= 15 is 0 Å². The highest BCUT2D eigenvalue weighted by atomic mass is 16.5. The van der Waals surface area contributed by atoms with Crippen LogP contribution in [0.5, 0.6) is 0 Å². The van der Waals surface area contributed by atoms with Crippen LogP contribution in [0.3, 0.4) is 0 Å². The minimum atomic E-state index is -1.15. The highest BCUT2D eigenvalue weighted by Crippen LogP contribution is 2.24. The van der Waals surface area contributed by atoms with Crippen LogP contribution >= 0.6 is 0 Å². The second-order valence-electron chi connectivity index (χ2n) is 5.03. The third-order valence-corrected chi connectivity index (χ3v) is 3.35. The van der Waals surface area contributed by atoms with Crippen LogP contribution in [-0.2, 0) is 15.1 Å². The summed E-state index contributed by atoms with van der Waals surface area (Å²) in [5, 5.41) is 0. The molecule has 0 spiro atoms. The number of carbonyl (C=O) groups excluding carboxylic acids is 1. The summed E-state index contributed by atoms with van der Waals surface area (Å²) in [4.78, 5) is 12.3. The molecule has 0 aliphatic heterocycles. The number of esters is 1. The first kappa shape index (κ1) is 14.3. The molecule has 2 rings (SSSR count). The lowest BCUT2D eigenvalue weighted by atomic mass is 9.93. The molecule has 2 aromatic rings. The van der Waals surface area contributed by atoms with Gasteiger partial charge < -0.3 is 10.5 Å². The van der Waals surface area contributed by atoms with Crippen molar-refractivity contribution in [2.75, 3.05) is 0 Å². The molecule has 0 aromatic heterocycles. The summed E-state index contributed by atoms with van der Waals surface area (Å²) in [7, 11) is 0. The third-order valence-electron chi connectivity index (χ3n) is 3.35. The van der Waals surface area contributed by atoms with Gasteiger partial charge in [-0.05, 0) is 25.0 Å². The van der Waals surface area contributed by atoms with Crippen molar-refractivity contribution in [3.63, 3.8) is 0 Å². The van der Waals surface area contributed by atoms with Crippen LogP contribution in [0.4, 0.5) is 0 Å². The largest absolute Gasteiger partial charge is 0.456 e. The molecular formula is C17H19NO2. The maximum Gasteiger partial charge on any atom is 0.331 e. The molecule has 0 heterocycles. The summed E-state index contributed by atoms with van der Waals surface area (Å²) in [5.41, 5.74) is 6.67. The van der Waals surface area contributed by atoms with Gasteiger partial charge >= 0.3 is 5.97 Å². The predicted molar refractivity (Wildman–Crippen MR) is 78.9 cm³/mol. The fourth-order valence-corrected chi connectivity index (χ4v) is 1.98. The third kappa shape index (κ3) is 3.06. The molecule has 104 valence electrons. The van der Waals surface area contributed by atoms with Gasteiger partial charge in [-0.2, -0.15) is 0 Å². The molecule has 0 aliphatic rings. The van der Waals surface area contributed by atoms with Crippen LogP contribution in [0.1, 0.15) is 31.1 Å². The molecule has 0 radical (unpaired) electrons. The van der Waals surface area contributed by atoms with E-state index in [2.05, 4.69) is 0 Å². The van der Waals surface area contributed by atoms with E-state index in [-0.39, 0.29) is 6.10 Å². The van der Waals surface area contributed by atoms with Crippen molar-refractivity contribution >= 4 is 5.97 Å². The number of nitrogens with two attached hydrogens (primary N) is 1. The van der Waals surface area contributed by atoms with Crippen molar-refractivity contribution < 1.29 is 9.53 Å². The normalized spacial score (nSPS) is 15.2. The second kappa shape index (κ2) is 5.88. The van der Waals surface area contributed by atoms with Gasteiger partial charge in [-0.1, -0.05) is 60.7 Å². The quantitative estimate of drug-likeness (QED) is 0.867. The van der Waals surface area contributed by atoms with E-state index in [1.54, 1.807) is 6.92 Å². The molecule has 3 heteroatoms. The van der Waals surface area contributed by atoms with E-state index in [0.717, 1.165) is 11.1 Å². The Morgan fingerprint density at radius 1 is 1.05 bits per heavy atom. The summed E-state index contributed by atoms with van der Waals surface area (Å²) in [6.07, 6.45) is -0.324. The molecule has 3 nitrogen and oxygen atoms in total. The molecule has 0 bridgehead atoms. The molecule has 2 aromatic carbocycles. The molecule has 0 saturated heterocycles. The van der Waals surface area contributed by atoms with Crippen molar-refractivity contribution in [1.29, 1.82) is 0 Å². The maximum absolute atomic E-state index is 12.3. The highest BCUT2D eigenvalue weighted by molar-refractivity contribution is 5.82. The molecule has 2 atom stereocenters. The average Bonchev–Trinajstić information content (AvgIpc) is 2.49. The summed E-state index contributed by atoms with van der Waals surface area (Å²) in [5.74, 6) is -0.431. The van der Waals surface area contributed by atoms with Crippen LogP contribution in [0.25, 0.3) is 0 Å². The van der Waals surface area contributed by atoms with Gasteiger partial charge in [-0.15, -0.1) is 0 Å². The van der Waals surface area contributed by atoms with E-state index in [4.69, 9.17) is 10.5 Å².